The van der Waals surface area contributed by atoms with Crippen LogP contribution in [-0.4, -0.2) is 31.6 Å². The van der Waals surface area contributed by atoms with Crippen molar-refractivity contribution in [1.82, 2.24) is 0 Å². The van der Waals surface area contributed by atoms with Gasteiger partial charge in [0.05, 0.1) is 24.3 Å². The van der Waals surface area contributed by atoms with Crippen molar-refractivity contribution >= 4 is 23.3 Å². The van der Waals surface area contributed by atoms with E-state index in [0.29, 0.717) is 5.69 Å². The standard InChI is InChI=1S/C17H23N3O3/c1-4-19(5-2)12-7-9-13(10-8-12)20-15(21)11-14(16(20)18)17(22)23-6-3/h7-10H,4-6,11,18H2,1-3H3. The zero-order valence-electron chi connectivity index (χ0n) is 13.8. The largest absolute Gasteiger partial charge is 0.463 e. The summed E-state index contributed by atoms with van der Waals surface area (Å²) in [7, 11) is 0. The molecule has 1 heterocycles. The molecule has 2 N–H and O–H groups in total. The van der Waals surface area contributed by atoms with Crippen LogP contribution in [0, 0.1) is 0 Å². The SMILES string of the molecule is CCOC(=O)C1=C(N)N(c2ccc(N(CC)CC)cc2)C(=O)C1. The fourth-order valence-electron chi connectivity index (χ4n) is 2.67. The lowest BCUT2D eigenvalue weighted by atomic mass is 10.2. The number of carbonyl (C=O) groups is 2. The van der Waals surface area contributed by atoms with Gasteiger partial charge in [-0.1, -0.05) is 0 Å². The average Bonchev–Trinajstić information content (AvgIpc) is 2.84. The van der Waals surface area contributed by atoms with Crippen molar-refractivity contribution in [2.45, 2.75) is 27.2 Å². The lowest BCUT2D eigenvalue weighted by Crippen LogP contribution is -2.29. The molecule has 124 valence electrons. The minimum Gasteiger partial charge on any atom is -0.463 e. The zero-order valence-corrected chi connectivity index (χ0v) is 13.8. The maximum atomic E-state index is 12.2. The molecule has 0 bridgehead atoms. The maximum Gasteiger partial charge on any atom is 0.338 e. The van der Waals surface area contributed by atoms with Gasteiger partial charge in [0.1, 0.15) is 5.82 Å². The highest BCUT2D eigenvalue weighted by Crippen LogP contribution is 2.29. The molecule has 0 saturated carbocycles. The molecule has 2 rings (SSSR count). The molecule has 0 radical (unpaired) electrons. The summed E-state index contributed by atoms with van der Waals surface area (Å²) in [4.78, 5) is 27.7. The van der Waals surface area contributed by atoms with Crippen molar-refractivity contribution in [2.24, 2.45) is 5.73 Å². The number of esters is 1. The Bertz CT molecular complexity index is 618. The normalized spacial score (nSPS) is 14.4. The van der Waals surface area contributed by atoms with Gasteiger partial charge in [-0.15, -0.1) is 0 Å². The van der Waals surface area contributed by atoms with Crippen molar-refractivity contribution in [3.05, 3.63) is 35.7 Å². The second-order valence-corrected chi connectivity index (χ2v) is 5.18. The Kier molecular flexibility index (Phi) is 5.26. The predicted molar refractivity (Wildman–Crippen MR) is 90.0 cm³/mol. The summed E-state index contributed by atoms with van der Waals surface area (Å²) in [5.74, 6) is -0.592. The van der Waals surface area contributed by atoms with Gasteiger partial charge in [0.15, 0.2) is 0 Å². The fraction of sp³-hybridized carbons (Fsp3) is 0.412. The zero-order chi connectivity index (χ0) is 17.0. The topological polar surface area (TPSA) is 75.9 Å². The number of rotatable bonds is 6. The van der Waals surface area contributed by atoms with E-state index in [1.807, 2.05) is 24.3 Å². The first kappa shape index (κ1) is 16.9. The van der Waals surface area contributed by atoms with E-state index in [0.717, 1.165) is 18.8 Å². The molecule has 23 heavy (non-hydrogen) atoms. The lowest BCUT2D eigenvalue weighted by Gasteiger charge is -2.23. The first-order chi connectivity index (χ1) is 11.0. The Balaban J connectivity index is 2.27. The molecule has 0 spiro atoms. The van der Waals surface area contributed by atoms with Crippen LogP contribution in [0.4, 0.5) is 11.4 Å². The third-order valence-corrected chi connectivity index (χ3v) is 3.89. The van der Waals surface area contributed by atoms with E-state index in [-0.39, 0.29) is 30.3 Å². The minimum atomic E-state index is -0.527. The molecule has 6 nitrogen and oxygen atoms in total. The Morgan fingerprint density at radius 3 is 2.35 bits per heavy atom. The first-order valence-electron chi connectivity index (χ1n) is 7.87. The van der Waals surface area contributed by atoms with E-state index in [4.69, 9.17) is 10.5 Å². The fourth-order valence-corrected chi connectivity index (χ4v) is 2.67. The number of carbonyl (C=O) groups excluding carboxylic acids is 2. The predicted octanol–water partition coefficient (Wildman–Crippen LogP) is 2.00. The van der Waals surface area contributed by atoms with Crippen molar-refractivity contribution in [1.29, 1.82) is 0 Å². The molecule has 0 saturated heterocycles. The minimum absolute atomic E-state index is 0.0253. The van der Waals surface area contributed by atoms with Gasteiger partial charge in [0, 0.05) is 18.8 Å². The van der Waals surface area contributed by atoms with Crippen LogP contribution in [0.3, 0.4) is 0 Å². The number of ether oxygens (including phenoxy) is 1. The maximum absolute atomic E-state index is 12.2. The quantitative estimate of drug-likeness (QED) is 0.812. The molecule has 1 aliphatic rings. The highest BCUT2D eigenvalue weighted by atomic mass is 16.5. The molecular formula is C17H23N3O3. The number of benzene rings is 1. The molecular weight excluding hydrogens is 294 g/mol. The third kappa shape index (κ3) is 3.31. The summed E-state index contributed by atoms with van der Waals surface area (Å²) < 4.78 is 4.95. The van der Waals surface area contributed by atoms with E-state index in [1.165, 1.54) is 4.90 Å². The number of nitrogens with two attached hydrogens (primary N) is 1. The van der Waals surface area contributed by atoms with Gasteiger partial charge in [0.2, 0.25) is 5.91 Å². The molecule has 1 amide bonds. The lowest BCUT2D eigenvalue weighted by molar-refractivity contribution is -0.139. The molecule has 0 unspecified atom stereocenters. The van der Waals surface area contributed by atoms with Crippen molar-refractivity contribution in [3.63, 3.8) is 0 Å². The summed E-state index contributed by atoms with van der Waals surface area (Å²) in [6.45, 7) is 7.97. The van der Waals surface area contributed by atoms with E-state index >= 15 is 0 Å². The van der Waals surface area contributed by atoms with Crippen LogP contribution >= 0.6 is 0 Å². The van der Waals surface area contributed by atoms with Gasteiger partial charge < -0.3 is 15.4 Å². The number of anilines is 2. The number of amides is 1. The number of nitrogens with zero attached hydrogens (tertiary/aromatic N) is 2. The van der Waals surface area contributed by atoms with Gasteiger partial charge in [-0.25, -0.2) is 4.79 Å². The Hall–Kier alpha value is -2.50. The van der Waals surface area contributed by atoms with Crippen LogP contribution in [0.15, 0.2) is 35.7 Å². The van der Waals surface area contributed by atoms with Crippen LogP contribution in [0.25, 0.3) is 0 Å². The van der Waals surface area contributed by atoms with Crippen molar-refractivity contribution in [2.75, 3.05) is 29.5 Å². The van der Waals surface area contributed by atoms with Gasteiger partial charge in [0.25, 0.3) is 0 Å². The monoisotopic (exact) mass is 317 g/mol. The van der Waals surface area contributed by atoms with E-state index in [1.54, 1.807) is 6.92 Å². The molecule has 6 heteroatoms. The van der Waals surface area contributed by atoms with E-state index in [2.05, 4.69) is 18.7 Å². The highest BCUT2D eigenvalue weighted by Gasteiger charge is 2.34. The van der Waals surface area contributed by atoms with Crippen LogP contribution in [0.2, 0.25) is 0 Å². The molecule has 0 atom stereocenters. The third-order valence-electron chi connectivity index (χ3n) is 3.89. The van der Waals surface area contributed by atoms with Crippen LogP contribution in [0.1, 0.15) is 27.2 Å². The van der Waals surface area contributed by atoms with Gasteiger partial charge >= 0.3 is 5.97 Å². The van der Waals surface area contributed by atoms with Gasteiger partial charge in [-0.2, -0.15) is 0 Å². The second kappa shape index (κ2) is 7.17. The molecule has 1 aromatic carbocycles. The Morgan fingerprint density at radius 2 is 1.83 bits per heavy atom. The van der Waals surface area contributed by atoms with Crippen LogP contribution < -0.4 is 15.5 Å². The van der Waals surface area contributed by atoms with Gasteiger partial charge in [-0.05, 0) is 45.0 Å². The molecule has 0 aromatic heterocycles. The van der Waals surface area contributed by atoms with Crippen LogP contribution in [0.5, 0.6) is 0 Å². The average molecular weight is 317 g/mol. The molecule has 0 fully saturated rings. The summed E-state index contributed by atoms with van der Waals surface area (Å²) in [6, 6.07) is 7.58. The van der Waals surface area contributed by atoms with E-state index < -0.39 is 5.97 Å². The first-order valence-corrected chi connectivity index (χ1v) is 7.87. The number of hydrogen-bond donors (Lipinski definition) is 1. The van der Waals surface area contributed by atoms with E-state index in [9.17, 15) is 9.59 Å². The Labute approximate surface area is 136 Å². The van der Waals surface area contributed by atoms with Gasteiger partial charge in [-0.3, -0.25) is 9.69 Å². The molecule has 1 aromatic rings. The summed E-state index contributed by atoms with van der Waals surface area (Å²) in [6.07, 6.45) is -0.0253. The second-order valence-electron chi connectivity index (χ2n) is 5.18. The summed E-state index contributed by atoms with van der Waals surface area (Å²) in [5, 5.41) is 0. The van der Waals surface area contributed by atoms with Crippen LogP contribution in [-0.2, 0) is 14.3 Å². The van der Waals surface area contributed by atoms with Crippen molar-refractivity contribution < 1.29 is 14.3 Å². The number of hydrogen-bond acceptors (Lipinski definition) is 5. The summed E-state index contributed by atoms with van der Waals surface area (Å²) in [5.41, 5.74) is 7.96. The Morgan fingerprint density at radius 1 is 1.22 bits per heavy atom. The highest BCUT2D eigenvalue weighted by molar-refractivity contribution is 6.09. The molecule has 0 aliphatic carbocycles. The van der Waals surface area contributed by atoms with Crippen molar-refractivity contribution in [3.8, 4) is 0 Å². The smallest absolute Gasteiger partial charge is 0.338 e. The molecule has 1 aliphatic heterocycles. The summed E-state index contributed by atoms with van der Waals surface area (Å²) >= 11 is 0.